The first kappa shape index (κ1) is 18.6. The van der Waals surface area contributed by atoms with Gasteiger partial charge in [-0.3, -0.25) is 10.1 Å². The monoisotopic (exact) mass is 362 g/mol. The van der Waals surface area contributed by atoms with Crippen LogP contribution in [-0.2, 0) is 6.61 Å². The number of carbonyl (C=O) groups is 1. The standard InChI is InChI=1S/C16H15FN4O5/c1-25-14-5-2-10(8-19-20-16(18)22)6-11(14)9-26-15-7-12(17)3-4-13(15)21(23)24/h2-8H,9H2,1H3,(H3,18,20,22). The first-order valence-electron chi connectivity index (χ1n) is 7.23. The molecule has 2 amide bonds. The van der Waals surface area contributed by atoms with Gasteiger partial charge in [-0.05, 0) is 29.8 Å². The molecule has 0 unspecified atom stereocenters. The summed E-state index contributed by atoms with van der Waals surface area (Å²) >= 11 is 0. The van der Waals surface area contributed by atoms with Gasteiger partial charge in [-0.1, -0.05) is 0 Å². The Morgan fingerprint density at radius 3 is 2.77 bits per heavy atom. The third-order valence-electron chi connectivity index (χ3n) is 3.19. The highest BCUT2D eigenvalue weighted by atomic mass is 19.1. The molecule has 2 aromatic rings. The van der Waals surface area contributed by atoms with Crippen molar-refractivity contribution in [1.29, 1.82) is 0 Å². The normalized spacial score (nSPS) is 10.5. The Balaban J connectivity index is 2.23. The third kappa shape index (κ3) is 4.90. The highest BCUT2D eigenvalue weighted by molar-refractivity contribution is 5.82. The van der Waals surface area contributed by atoms with E-state index in [0.29, 0.717) is 16.9 Å². The molecule has 0 saturated carbocycles. The number of hydrogen-bond donors (Lipinski definition) is 2. The second-order valence-electron chi connectivity index (χ2n) is 4.96. The number of benzene rings is 2. The summed E-state index contributed by atoms with van der Waals surface area (Å²) < 4.78 is 24.0. The number of nitro groups is 1. The lowest BCUT2D eigenvalue weighted by Gasteiger charge is -2.11. The van der Waals surface area contributed by atoms with Gasteiger partial charge in [0.15, 0.2) is 5.75 Å². The van der Waals surface area contributed by atoms with E-state index in [0.717, 1.165) is 18.2 Å². The first-order chi connectivity index (χ1) is 12.4. The number of rotatable bonds is 7. The molecule has 3 N–H and O–H groups in total. The Kier molecular flexibility index (Phi) is 6.04. The molecule has 0 heterocycles. The van der Waals surface area contributed by atoms with Crippen LogP contribution < -0.4 is 20.6 Å². The summed E-state index contributed by atoms with van der Waals surface area (Å²) in [6.07, 6.45) is 1.35. The average Bonchev–Trinajstić information content (AvgIpc) is 2.59. The minimum atomic E-state index is -0.809. The van der Waals surface area contributed by atoms with Crippen molar-refractivity contribution >= 4 is 17.9 Å². The Hall–Kier alpha value is -3.69. The molecule has 0 aromatic heterocycles. The molecule has 0 aliphatic carbocycles. The summed E-state index contributed by atoms with van der Waals surface area (Å²) in [5.41, 5.74) is 7.73. The number of hydrazone groups is 1. The van der Waals surface area contributed by atoms with Gasteiger partial charge in [0.1, 0.15) is 18.2 Å². The van der Waals surface area contributed by atoms with Crippen molar-refractivity contribution in [2.75, 3.05) is 7.11 Å². The van der Waals surface area contributed by atoms with E-state index in [4.69, 9.17) is 15.2 Å². The van der Waals surface area contributed by atoms with Crippen molar-refractivity contribution in [3.8, 4) is 11.5 Å². The highest BCUT2D eigenvalue weighted by Crippen LogP contribution is 2.29. The van der Waals surface area contributed by atoms with E-state index in [2.05, 4.69) is 10.5 Å². The number of hydrogen-bond acceptors (Lipinski definition) is 6. The molecule has 0 aliphatic heterocycles. The zero-order chi connectivity index (χ0) is 19.1. The fourth-order valence-electron chi connectivity index (χ4n) is 2.07. The van der Waals surface area contributed by atoms with Crippen LogP contribution >= 0.6 is 0 Å². The lowest BCUT2D eigenvalue weighted by Crippen LogP contribution is -2.24. The SMILES string of the molecule is COc1ccc(C=NNC(N)=O)cc1COc1cc(F)ccc1[N+](=O)[O-]. The number of urea groups is 1. The number of ether oxygens (including phenoxy) is 2. The van der Waals surface area contributed by atoms with E-state index in [9.17, 15) is 19.3 Å². The van der Waals surface area contributed by atoms with Gasteiger partial charge in [-0.2, -0.15) is 5.10 Å². The van der Waals surface area contributed by atoms with Gasteiger partial charge in [0.2, 0.25) is 0 Å². The maximum absolute atomic E-state index is 13.4. The van der Waals surface area contributed by atoms with Crippen LogP contribution in [-0.4, -0.2) is 24.3 Å². The van der Waals surface area contributed by atoms with Gasteiger partial charge >= 0.3 is 11.7 Å². The maximum atomic E-state index is 13.4. The van der Waals surface area contributed by atoms with Crippen molar-refractivity contribution in [1.82, 2.24) is 5.43 Å². The van der Waals surface area contributed by atoms with E-state index < -0.39 is 16.8 Å². The molecule has 0 fully saturated rings. The average molecular weight is 362 g/mol. The summed E-state index contributed by atoms with van der Waals surface area (Å²) in [6.45, 7) is -0.113. The van der Waals surface area contributed by atoms with Crippen molar-refractivity contribution in [3.05, 3.63) is 63.5 Å². The predicted octanol–water partition coefficient (Wildman–Crippen LogP) is 2.32. The molecule has 0 saturated heterocycles. The fourth-order valence-corrected chi connectivity index (χ4v) is 2.07. The molecule has 26 heavy (non-hydrogen) atoms. The van der Waals surface area contributed by atoms with Crippen LogP contribution in [0.2, 0.25) is 0 Å². The minimum Gasteiger partial charge on any atom is -0.496 e. The molecule has 9 nitrogen and oxygen atoms in total. The van der Waals surface area contributed by atoms with Gasteiger partial charge in [0.25, 0.3) is 0 Å². The largest absolute Gasteiger partial charge is 0.496 e. The topological polar surface area (TPSA) is 129 Å². The Morgan fingerprint density at radius 2 is 2.12 bits per heavy atom. The molecule has 136 valence electrons. The molecule has 0 radical (unpaired) electrons. The molecule has 0 atom stereocenters. The molecular weight excluding hydrogens is 347 g/mol. The molecular formula is C16H15FN4O5. The quantitative estimate of drug-likeness (QED) is 0.444. The van der Waals surface area contributed by atoms with Crippen molar-refractivity contribution in [3.63, 3.8) is 0 Å². The van der Waals surface area contributed by atoms with Crippen molar-refractivity contribution in [2.45, 2.75) is 6.61 Å². The first-order valence-corrected chi connectivity index (χ1v) is 7.23. The zero-order valence-electron chi connectivity index (χ0n) is 13.6. The number of amides is 2. The third-order valence-corrected chi connectivity index (χ3v) is 3.19. The van der Waals surface area contributed by atoms with E-state index >= 15 is 0 Å². The fraction of sp³-hybridized carbons (Fsp3) is 0.125. The lowest BCUT2D eigenvalue weighted by molar-refractivity contribution is -0.386. The number of carbonyl (C=O) groups excluding carboxylic acids is 1. The number of nitrogens with zero attached hydrogens (tertiary/aromatic N) is 2. The van der Waals surface area contributed by atoms with Crippen LogP contribution in [0.5, 0.6) is 11.5 Å². The summed E-state index contributed by atoms with van der Waals surface area (Å²) in [5.74, 6) is -0.397. The van der Waals surface area contributed by atoms with Crippen molar-refractivity contribution < 1.29 is 23.6 Å². The molecule has 2 aromatic carbocycles. The molecule has 0 spiro atoms. The zero-order valence-corrected chi connectivity index (χ0v) is 13.6. The lowest BCUT2D eigenvalue weighted by atomic mass is 10.1. The van der Waals surface area contributed by atoms with Crippen LogP contribution in [0.25, 0.3) is 0 Å². The minimum absolute atomic E-state index is 0.113. The summed E-state index contributed by atoms with van der Waals surface area (Å²) in [7, 11) is 1.45. The van der Waals surface area contributed by atoms with Crippen LogP contribution in [0.1, 0.15) is 11.1 Å². The van der Waals surface area contributed by atoms with Gasteiger partial charge in [-0.25, -0.2) is 14.6 Å². The number of primary amides is 1. The maximum Gasteiger partial charge on any atom is 0.332 e. The van der Waals surface area contributed by atoms with Gasteiger partial charge in [0, 0.05) is 17.7 Å². The predicted molar refractivity (Wildman–Crippen MR) is 90.7 cm³/mol. The van der Waals surface area contributed by atoms with Crippen LogP contribution in [0, 0.1) is 15.9 Å². The number of methoxy groups -OCH3 is 1. The Bertz CT molecular complexity index is 857. The number of halogens is 1. The van der Waals surface area contributed by atoms with Crippen LogP contribution in [0.4, 0.5) is 14.9 Å². The molecule has 0 bridgehead atoms. The van der Waals surface area contributed by atoms with E-state index in [-0.39, 0.29) is 18.0 Å². The number of nitrogens with one attached hydrogen (secondary N) is 1. The molecule has 2 rings (SSSR count). The van der Waals surface area contributed by atoms with E-state index in [1.807, 2.05) is 0 Å². The smallest absolute Gasteiger partial charge is 0.332 e. The molecule has 10 heteroatoms. The van der Waals surface area contributed by atoms with Gasteiger partial charge in [0.05, 0.1) is 18.2 Å². The second kappa shape index (κ2) is 8.42. The van der Waals surface area contributed by atoms with E-state index in [1.54, 1.807) is 18.2 Å². The second-order valence-corrected chi connectivity index (χ2v) is 4.96. The summed E-state index contributed by atoms with van der Waals surface area (Å²) in [6, 6.07) is 7.07. The van der Waals surface area contributed by atoms with Gasteiger partial charge < -0.3 is 15.2 Å². The van der Waals surface area contributed by atoms with Crippen molar-refractivity contribution in [2.24, 2.45) is 10.8 Å². The van der Waals surface area contributed by atoms with Crippen LogP contribution in [0.3, 0.4) is 0 Å². The molecule has 0 aliphatic rings. The number of nitrogens with two attached hydrogens (primary N) is 1. The highest BCUT2D eigenvalue weighted by Gasteiger charge is 2.16. The Labute approximate surface area is 147 Å². The summed E-state index contributed by atoms with van der Waals surface area (Å²) in [5, 5.41) is 14.6. The van der Waals surface area contributed by atoms with E-state index in [1.165, 1.54) is 13.3 Å². The van der Waals surface area contributed by atoms with Crippen LogP contribution in [0.15, 0.2) is 41.5 Å². The Morgan fingerprint density at radius 1 is 1.35 bits per heavy atom. The van der Waals surface area contributed by atoms with Gasteiger partial charge in [-0.15, -0.1) is 0 Å². The number of nitro benzene ring substituents is 1. The summed E-state index contributed by atoms with van der Waals surface area (Å²) in [4.78, 5) is 21.0.